The normalized spacial score (nSPS) is 22.9. The highest BCUT2D eigenvalue weighted by Crippen LogP contribution is 2.38. The lowest BCUT2D eigenvalue weighted by Crippen LogP contribution is -2.52. The SMILES string of the molecule is Cn1c(-c2ccc(CCCOC=O)cc2)cc2ccc(S(=O)(=O)NC3CCC(C(=O)N4CCOC[C@@H]4C4CC4)CC3)cc21. The van der Waals surface area contributed by atoms with Crippen LogP contribution in [0.4, 0.5) is 0 Å². The van der Waals surface area contributed by atoms with Crippen molar-refractivity contribution in [2.24, 2.45) is 18.9 Å². The zero-order valence-corrected chi connectivity index (χ0v) is 25.6. The van der Waals surface area contributed by atoms with Gasteiger partial charge in [-0.05, 0) is 86.6 Å². The quantitative estimate of drug-likeness (QED) is 0.256. The van der Waals surface area contributed by atoms with Crippen LogP contribution in [0.2, 0.25) is 0 Å². The summed E-state index contributed by atoms with van der Waals surface area (Å²) < 4.78 is 42.3. The Hall–Kier alpha value is -3.21. The lowest BCUT2D eigenvalue weighted by atomic mass is 9.85. The molecule has 3 fully saturated rings. The molecule has 2 heterocycles. The Labute approximate surface area is 253 Å². The fourth-order valence-corrected chi connectivity index (χ4v) is 8.08. The van der Waals surface area contributed by atoms with Gasteiger partial charge in [0.15, 0.2) is 0 Å². The second-order valence-electron chi connectivity index (χ2n) is 12.3. The molecular formula is C33H41N3O6S. The van der Waals surface area contributed by atoms with Gasteiger partial charge in [0.25, 0.3) is 6.47 Å². The van der Waals surface area contributed by atoms with Crippen molar-refractivity contribution in [3.8, 4) is 11.3 Å². The second-order valence-corrected chi connectivity index (χ2v) is 14.0. The summed E-state index contributed by atoms with van der Waals surface area (Å²) in [5.74, 6) is 0.770. The summed E-state index contributed by atoms with van der Waals surface area (Å²) in [7, 11) is -1.77. The number of fused-ring (bicyclic) bond motifs is 1. The number of sulfonamides is 1. The van der Waals surface area contributed by atoms with Crippen LogP contribution >= 0.6 is 0 Å². The van der Waals surface area contributed by atoms with E-state index in [0.29, 0.717) is 64.4 Å². The topological polar surface area (TPSA) is 107 Å². The number of nitrogens with zero attached hydrogens (tertiary/aromatic N) is 2. The molecule has 0 bridgehead atoms. The molecule has 1 aromatic heterocycles. The summed E-state index contributed by atoms with van der Waals surface area (Å²) in [6.45, 7) is 2.79. The van der Waals surface area contributed by atoms with Gasteiger partial charge in [0.05, 0.1) is 30.8 Å². The van der Waals surface area contributed by atoms with Crippen LogP contribution in [0.1, 0.15) is 50.5 Å². The molecule has 230 valence electrons. The minimum Gasteiger partial charge on any atom is -0.468 e. The molecule has 1 aliphatic heterocycles. The molecule has 2 saturated carbocycles. The zero-order chi connectivity index (χ0) is 30.0. The van der Waals surface area contributed by atoms with Gasteiger partial charge in [0, 0.05) is 42.1 Å². The van der Waals surface area contributed by atoms with Crippen molar-refractivity contribution in [1.29, 1.82) is 0 Å². The van der Waals surface area contributed by atoms with Gasteiger partial charge in [-0.1, -0.05) is 30.3 Å². The van der Waals surface area contributed by atoms with Crippen LogP contribution in [0, 0.1) is 11.8 Å². The van der Waals surface area contributed by atoms with E-state index in [2.05, 4.69) is 40.0 Å². The highest BCUT2D eigenvalue weighted by molar-refractivity contribution is 7.89. The number of nitrogens with one attached hydrogen (secondary N) is 1. The third-order valence-corrected chi connectivity index (χ3v) is 10.9. The fraction of sp³-hybridized carbons (Fsp3) is 0.515. The molecule has 1 N–H and O–H groups in total. The van der Waals surface area contributed by atoms with E-state index in [9.17, 15) is 18.0 Å². The van der Waals surface area contributed by atoms with E-state index >= 15 is 0 Å². The first-order valence-corrected chi connectivity index (χ1v) is 17.0. The van der Waals surface area contributed by atoms with E-state index in [0.717, 1.165) is 35.0 Å². The van der Waals surface area contributed by atoms with Crippen LogP contribution in [-0.4, -0.2) is 68.7 Å². The maximum Gasteiger partial charge on any atom is 0.293 e. The van der Waals surface area contributed by atoms with E-state index < -0.39 is 10.0 Å². The zero-order valence-electron chi connectivity index (χ0n) is 24.7. The molecule has 0 radical (unpaired) electrons. The predicted octanol–water partition coefficient (Wildman–Crippen LogP) is 4.43. The molecule has 1 saturated heterocycles. The van der Waals surface area contributed by atoms with Crippen LogP contribution in [0.15, 0.2) is 53.4 Å². The number of carbonyl (C=O) groups excluding carboxylic acids is 2. The van der Waals surface area contributed by atoms with Crippen molar-refractivity contribution in [2.45, 2.75) is 68.3 Å². The number of hydrogen-bond acceptors (Lipinski definition) is 6. The molecule has 6 rings (SSSR count). The minimum absolute atomic E-state index is 0.0382. The molecule has 10 heteroatoms. The standard InChI is InChI=1S/C33H41N3O6S/c1-35-30(24-6-4-23(5-7-24)3-2-17-42-22-37)19-27-12-15-29(20-31(27)35)43(39,40)34-28-13-10-26(11-14-28)33(38)36-16-18-41-21-32(36)25-8-9-25/h4-7,12,15,19-20,22,25-26,28,32,34H,2-3,8-11,13-14,16-18,21H2,1H3/t26?,28?,32-/m1/s1. The smallest absolute Gasteiger partial charge is 0.293 e. The van der Waals surface area contributed by atoms with Gasteiger partial charge in [-0.2, -0.15) is 0 Å². The first-order chi connectivity index (χ1) is 20.8. The maximum atomic E-state index is 13.4. The summed E-state index contributed by atoms with van der Waals surface area (Å²) in [6, 6.07) is 15.7. The van der Waals surface area contributed by atoms with Crippen LogP contribution in [-0.2, 0) is 42.6 Å². The number of morpholine rings is 1. The van der Waals surface area contributed by atoms with Gasteiger partial charge >= 0.3 is 0 Å². The van der Waals surface area contributed by atoms with E-state index in [4.69, 9.17) is 9.47 Å². The Balaban J connectivity index is 1.08. The first-order valence-electron chi connectivity index (χ1n) is 15.5. The molecule has 0 unspecified atom stereocenters. The summed E-state index contributed by atoms with van der Waals surface area (Å²) >= 11 is 0. The molecule has 1 amide bonds. The molecular weight excluding hydrogens is 566 g/mol. The van der Waals surface area contributed by atoms with Gasteiger partial charge in [0.2, 0.25) is 15.9 Å². The lowest BCUT2D eigenvalue weighted by Gasteiger charge is -2.39. The summed E-state index contributed by atoms with van der Waals surface area (Å²) in [4.78, 5) is 26.0. The lowest BCUT2D eigenvalue weighted by molar-refractivity contribution is -0.146. The van der Waals surface area contributed by atoms with Gasteiger partial charge in [-0.15, -0.1) is 0 Å². The molecule has 2 aliphatic carbocycles. The number of rotatable bonds is 11. The molecule has 0 spiro atoms. The maximum absolute atomic E-state index is 13.4. The van der Waals surface area contributed by atoms with Crippen molar-refractivity contribution in [3.05, 3.63) is 54.1 Å². The Morgan fingerprint density at radius 1 is 1.05 bits per heavy atom. The predicted molar refractivity (Wildman–Crippen MR) is 164 cm³/mol. The highest BCUT2D eigenvalue weighted by atomic mass is 32.2. The Kier molecular flexibility index (Phi) is 8.88. The Morgan fingerprint density at radius 3 is 2.53 bits per heavy atom. The first kappa shape index (κ1) is 29.8. The van der Waals surface area contributed by atoms with Crippen LogP contribution in [0.25, 0.3) is 22.2 Å². The van der Waals surface area contributed by atoms with Gasteiger partial charge in [-0.25, -0.2) is 13.1 Å². The third kappa shape index (κ3) is 6.66. The monoisotopic (exact) mass is 607 g/mol. The number of carbonyl (C=O) groups is 2. The summed E-state index contributed by atoms with van der Waals surface area (Å²) in [5.41, 5.74) is 4.05. The largest absolute Gasteiger partial charge is 0.468 e. The van der Waals surface area contributed by atoms with Gasteiger partial charge in [0.1, 0.15) is 0 Å². The van der Waals surface area contributed by atoms with Crippen molar-refractivity contribution in [3.63, 3.8) is 0 Å². The van der Waals surface area contributed by atoms with E-state index in [-0.39, 0.29) is 28.8 Å². The number of hydrogen-bond donors (Lipinski definition) is 1. The molecule has 43 heavy (non-hydrogen) atoms. The number of amides is 1. The summed E-state index contributed by atoms with van der Waals surface area (Å²) in [5, 5.41) is 0.971. The number of ether oxygens (including phenoxy) is 2. The van der Waals surface area contributed by atoms with Crippen LogP contribution in [0.3, 0.4) is 0 Å². The van der Waals surface area contributed by atoms with E-state index in [1.807, 2.05) is 17.7 Å². The number of aromatic nitrogens is 1. The molecule has 3 aromatic rings. The van der Waals surface area contributed by atoms with Crippen molar-refractivity contribution < 1.29 is 27.5 Å². The van der Waals surface area contributed by atoms with E-state index in [1.165, 1.54) is 18.4 Å². The minimum atomic E-state index is -3.72. The molecule has 2 aromatic carbocycles. The Bertz CT molecular complexity index is 1560. The van der Waals surface area contributed by atoms with Gasteiger partial charge < -0.3 is 18.9 Å². The number of aryl methyl sites for hydroxylation is 2. The number of benzene rings is 2. The van der Waals surface area contributed by atoms with E-state index in [1.54, 1.807) is 12.1 Å². The average Bonchev–Trinajstić information content (AvgIpc) is 3.82. The second kappa shape index (κ2) is 12.8. The van der Waals surface area contributed by atoms with Crippen molar-refractivity contribution in [1.82, 2.24) is 14.2 Å². The van der Waals surface area contributed by atoms with Gasteiger partial charge in [-0.3, -0.25) is 9.59 Å². The third-order valence-electron chi connectivity index (χ3n) is 9.39. The van der Waals surface area contributed by atoms with Crippen molar-refractivity contribution in [2.75, 3.05) is 26.4 Å². The molecule has 3 aliphatic rings. The van der Waals surface area contributed by atoms with Crippen LogP contribution < -0.4 is 4.72 Å². The summed E-state index contributed by atoms with van der Waals surface area (Å²) in [6.07, 6.45) is 6.66. The Morgan fingerprint density at radius 2 is 1.81 bits per heavy atom. The fourth-order valence-electron chi connectivity index (χ4n) is 6.75. The van der Waals surface area contributed by atoms with Crippen LogP contribution in [0.5, 0.6) is 0 Å². The molecule has 1 atom stereocenters. The van der Waals surface area contributed by atoms with Crippen molar-refractivity contribution >= 4 is 33.3 Å². The molecule has 9 nitrogen and oxygen atoms in total. The highest BCUT2D eigenvalue weighted by Gasteiger charge is 2.41. The average molecular weight is 608 g/mol.